The molecule has 0 radical (unpaired) electrons. The molecule has 0 saturated carbocycles. The number of methoxy groups -OCH3 is 2. The molecule has 0 spiro atoms. The predicted octanol–water partition coefficient (Wildman–Crippen LogP) is 3.40. The van der Waals surface area contributed by atoms with Gasteiger partial charge in [-0.1, -0.05) is 13.8 Å². The molecule has 0 aromatic heterocycles. The van der Waals surface area contributed by atoms with Gasteiger partial charge in [-0.05, 0) is 44.1 Å². The summed E-state index contributed by atoms with van der Waals surface area (Å²) in [4.78, 5) is 14.6. The van der Waals surface area contributed by atoms with E-state index in [1.165, 1.54) is 0 Å². The third-order valence-corrected chi connectivity index (χ3v) is 3.44. The molecular weight excluding hydrogens is 266 g/mol. The van der Waals surface area contributed by atoms with Gasteiger partial charge in [0.25, 0.3) is 0 Å². The van der Waals surface area contributed by atoms with Crippen molar-refractivity contribution in [2.45, 2.75) is 33.1 Å². The Kier molecular flexibility index (Phi) is 7.83. The van der Waals surface area contributed by atoms with E-state index < -0.39 is 0 Å². The smallest absolute Gasteiger partial charge is 0.164 e. The van der Waals surface area contributed by atoms with Gasteiger partial charge in [-0.2, -0.15) is 0 Å². The van der Waals surface area contributed by atoms with Crippen molar-refractivity contribution < 1.29 is 14.3 Å². The van der Waals surface area contributed by atoms with Crippen LogP contribution in [0.3, 0.4) is 0 Å². The Morgan fingerprint density at radius 3 is 2.14 bits per heavy atom. The number of hydrogen-bond acceptors (Lipinski definition) is 4. The molecule has 0 aliphatic heterocycles. The second kappa shape index (κ2) is 9.40. The molecule has 1 aromatic carbocycles. The molecule has 0 aliphatic rings. The Bertz CT molecular complexity index is 440. The molecule has 0 aliphatic carbocycles. The monoisotopic (exact) mass is 293 g/mol. The molecule has 0 amide bonds. The number of rotatable bonds is 10. The Morgan fingerprint density at radius 2 is 1.62 bits per heavy atom. The highest BCUT2D eigenvalue weighted by Crippen LogP contribution is 2.27. The van der Waals surface area contributed by atoms with Crippen LogP contribution in [0.25, 0.3) is 0 Å². The van der Waals surface area contributed by atoms with E-state index in [2.05, 4.69) is 18.7 Å². The van der Waals surface area contributed by atoms with Crippen molar-refractivity contribution in [1.82, 2.24) is 4.90 Å². The number of carbonyl (C=O) groups is 1. The quantitative estimate of drug-likeness (QED) is 0.620. The second-order valence-electron chi connectivity index (χ2n) is 5.08. The zero-order chi connectivity index (χ0) is 15.7. The Labute approximate surface area is 128 Å². The molecule has 0 bridgehead atoms. The van der Waals surface area contributed by atoms with Gasteiger partial charge in [0, 0.05) is 18.5 Å². The van der Waals surface area contributed by atoms with Gasteiger partial charge in [0.2, 0.25) is 0 Å². The molecule has 0 saturated heterocycles. The summed E-state index contributed by atoms with van der Waals surface area (Å²) in [5, 5.41) is 0. The predicted molar refractivity (Wildman–Crippen MR) is 85.5 cm³/mol. The minimum atomic E-state index is 0.146. The summed E-state index contributed by atoms with van der Waals surface area (Å²) in [5.41, 5.74) is 0.681. The van der Waals surface area contributed by atoms with Crippen LogP contribution in [0.2, 0.25) is 0 Å². The number of ketones is 1. The normalized spacial score (nSPS) is 10.7. The summed E-state index contributed by atoms with van der Waals surface area (Å²) in [6.07, 6.45) is 2.77. The molecule has 1 aromatic rings. The van der Waals surface area contributed by atoms with E-state index in [1.807, 2.05) is 0 Å². The van der Waals surface area contributed by atoms with Gasteiger partial charge in [0.15, 0.2) is 17.3 Å². The molecule has 0 atom stereocenters. The lowest BCUT2D eigenvalue weighted by Crippen LogP contribution is -2.28. The van der Waals surface area contributed by atoms with Crippen molar-refractivity contribution in [2.75, 3.05) is 33.9 Å². The van der Waals surface area contributed by atoms with Gasteiger partial charge in [-0.25, -0.2) is 0 Å². The molecule has 0 unspecified atom stereocenters. The van der Waals surface area contributed by atoms with E-state index >= 15 is 0 Å². The largest absolute Gasteiger partial charge is 0.493 e. The van der Waals surface area contributed by atoms with Crippen LogP contribution < -0.4 is 9.47 Å². The Hall–Kier alpha value is -1.55. The fraction of sp³-hybridized carbons (Fsp3) is 0.588. The van der Waals surface area contributed by atoms with E-state index in [-0.39, 0.29) is 5.78 Å². The third kappa shape index (κ3) is 5.38. The number of Topliss-reactive ketones (excluding diaryl/α,β-unsaturated/α-hetero) is 1. The molecule has 0 N–H and O–H groups in total. The Balaban J connectivity index is 2.66. The van der Waals surface area contributed by atoms with Crippen molar-refractivity contribution in [3.8, 4) is 11.5 Å². The molecular formula is C17H27NO3. The molecule has 0 fully saturated rings. The summed E-state index contributed by atoms with van der Waals surface area (Å²) in [6, 6.07) is 5.33. The van der Waals surface area contributed by atoms with Crippen molar-refractivity contribution >= 4 is 5.78 Å². The van der Waals surface area contributed by atoms with Gasteiger partial charge >= 0.3 is 0 Å². The minimum absolute atomic E-state index is 0.146. The van der Waals surface area contributed by atoms with Crippen LogP contribution in [0.15, 0.2) is 18.2 Å². The van der Waals surface area contributed by atoms with Gasteiger partial charge in [0.1, 0.15) is 0 Å². The number of carbonyl (C=O) groups excluding carboxylic acids is 1. The number of benzene rings is 1. The molecule has 4 nitrogen and oxygen atoms in total. The fourth-order valence-electron chi connectivity index (χ4n) is 2.38. The van der Waals surface area contributed by atoms with Gasteiger partial charge in [0.05, 0.1) is 14.2 Å². The van der Waals surface area contributed by atoms with Crippen molar-refractivity contribution in [3.05, 3.63) is 23.8 Å². The summed E-state index contributed by atoms with van der Waals surface area (Å²) in [7, 11) is 3.17. The average Bonchev–Trinajstić information content (AvgIpc) is 2.52. The van der Waals surface area contributed by atoms with Gasteiger partial charge in [-0.15, -0.1) is 0 Å². The highest BCUT2D eigenvalue weighted by molar-refractivity contribution is 5.96. The lowest BCUT2D eigenvalue weighted by molar-refractivity contribution is 0.0963. The second-order valence-corrected chi connectivity index (χ2v) is 5.08. The SMILES string of the molecule is CCCN(CCC)CCC(=O)c1ccc(OC)c(OC)c1. The van der Waals surface area contributed by atoms with E-state index in [1.54, 1.807) is 32.4 Å². The van der Waals surface area contributed by atoms with Crippen LogP contribution in [0.4, 0.5) is 0 Å². The first-order chi connectivity index (χ1) is 10.2. The number of ether oxygens (including phenoxy) is 2. The minimum Gasteiger partial charge on any atom is -0.493 e. The van der Waals surface area contributed by atoms with Crippen LogP contribution in [-0.2, 0) is 0 Å². The fourth-order valence-corrected chi connectivity index (χ4v) is 2.38. The standard InChI is InChI=1S/C17H27NO3/c1-5-10-18(11-6-2)12-9-15(19)14-7-8-16(20-3)17(13-14)21-4/h7-8,13H,5-6,9-12H2,1-4H3. The zero-order valence-corrected chi connectivity index (χ0v) is 13.6. The van der Waals surface area contributed by atoms with E-state index in [9.17, 15) is 4.79 Å². The van der Waals surface area contributed by atoms with E-state index in [0.29, 0.717) is 23.5 Å². The summed E-state index contributed by atoms with van der Waals surface area (Å²) < 4.78 is 10.4. The maximum Gasteiger partial charge on any atom is 0.164 e. The first-order valence-corrected chi connectivity index (χ1v) is 7.63. The van der Waals surface area contributed by atoms with Crippen LogP contribution in [0.5, 0.6) is 11.5 Å². The maximum atomic E-state index is 12.3. The average molecular weight is 293 g/mol. The van der Waals surface area contributed by atoms with Crippen LogP contribution in [0, 0.1) is 0 Å². The van der Waals surface area contributed by atoms with Gasteiger partial charge < -0.3 is 14.4 Å². The van der Waals surface area contributed by atoms with Crippen LogP contribution >= 0.6 is 0 Å². The third-order valence-electron chi connectivity index (χ3n) is 3.44. The molecule has 21 heavy (non-hydrogen) atoms. The Morgan fingerprint density at radius 1 is 1.00 bits per heavy atom. The first kappa shape index (κ1) is 17.5. The van der Waals surface area contributed by atoms with E-state index in [4.69, 9.17) is 9.47 Å². The summed E-state index contributed by atoms with van der Waals surface area (Å²) >= 11 is 0. The van der Waals surface area contributed by atoms with E-state index in [0.717, 1.165) is 32.5 Å². The lowest BCUT2D eigenvalue weighted by Gasteiger charge is -2.20. The van der Waals surface area contributed by atoms with Crippen LogP contribution in [-0.4, -0.2) is 44.5 Å². The molecule has 4 heteroatoms. The number of nitrogens with zero attached hydrogens (tertiary/aromatic N) is 1. The summed E-state index contributed by atoms with van der Waals surface area (Å²) in [6.45, 7) is 7.24. The van der Waals surface area contributed by atoms with Crippen molar-refractivity contribution in [1.29, 1.82) is 0 Å². The van der Waals surface area contributed by atoms with Crippen molar-refractivity contribution in [3.63, 3.8) is 0 Å². The zero-order valence-electron chi connectivity index (χ0n) is 13.6. The summed E-state index contributed by atoms with van der Waals surface area (Å²) in [5.74, 6) is 1.39. The maximum absolute atomic E-state index is 12.3. The van der Waals surface area contributed by atoms with Crippen molar-refractivity contribution in [2.24, 2.45) is 0 Å². The number of hydrogen-bond donors (Lipinski definition) is 0. The van der Waals surface area contributed by atoms with Crippen LogP contribution in [0.1, 0.15) is 43.5 Å². The van der Waals surface area contributed by atoms with Gasteiger partial charge in [-0.3, -0.25) is 4.79 Å². The molecule has 0 heterocycles. The lowest BCUT2D eigenvalue weighted by atomic mass is 10.1. The first-order valence-electron chi connectivity index (χ1n) is 7.63. The highest BCUT2D eigenvalue weighted by Gasteiger charge is 2.12. The highest BCUT2D eigenvalue weighted by atomic mass is 16.5. The molecule has 1 rings (SSSR count). The molecule has 118 valence electrons. The topological polar surface area (TPSA) is 38.8 Å².